The first kappa shape index (κ1) is 21.7. The molecule has 1 aliphatic rings. The summed E-state index contributed by atoms with van der Waals surface area (Å²) in [6.07, 6.45) is 5.77. The van der Waals surface area contributed by atoms with Gasteiger partial charge in [0, 0.05) is 10.7 Å². The molecule has 0 aliphatic heterocycles. The van der Waals surface area contributed by atoms with Gasteiger partial charge in [0.2, 0.25) is 15.9 Å². The van der Waals surface area contributed by atoms with Crippen molar-refractivity contribution in [3.8, 4) is 5.75 Å². The second-order valence-electron chi connectivity index (χ2n) is 6.96. The van der Waals surface area contributed by atoms with Crippen molar-refractivity contribution in [3.05, 3.63) is 52.5 Å². The van der Waals surface area contributed by atoms with E-state index in [1.165, 1.54) is 31.0 Å². The van der Waals surface area contributed by atoms with Crippen molar-refractivity contribution in [2.75, 3.05) is 22.4 Å². The Morgan fingerprint density at radius 2 is 1.79 bits per heavy atom. The van der Waals surface area contributed by atoms with Gasteiger partial charge < -0.3 is 10.1 Å². The van der Waals surface area contributed by atoms with E-state index >= 15 is 0 Å². The SMILES string of the molecule is CS(=O)(=O)N(CC(=O)Nc1ccc(OC2CCCC2)cc1)c1ccc(Cl)cc1Cl. The molecular formula is C20H22Cl2N2O4S. The van der Waals surface area contributed by atoms with Crippen LogP contribution in [0.25, 0.3) is 0 Å². The number of halogens is 2. The van der Waals surface area contributed by atoms with Crippen molar-refractivity contribution < 1.29 is 17.9 Å². The van der Waals surface area contributed by atoms with E-state index in [1.807, 2.05) is 0 Å². The van der Waals surface area contributed by atoms with Crippen LogP contribution in [-0.4, -0.2) is 33.2 Å². The lowest BCUT2D eigenvalue weighted by molar-refractivity contribution is -0.114. The quantitative estimate of drug-likeness (QED) is 0.653. The highest BCUT2D eigenvalue weighted by atomic mass is 35.5. The first-order chi connectivity index (χ1) is 13.7. The molecule has 1 aliphatic carbocycles. The maximum Gasteiger partial charge on any atom is 0.245 e. The first-order valence-electron chi connectivity index (χ1n) is 9.22. The minimum absolute atomic E-state index is 0.143. The molecule has 0 aromatic heterocycles. The molecule has 0 saturated heterocycles. The highest BCUT2D eigenvalue weighted by molar-refractivity contribution is 7.92. The van der Waals surface area contributed by atoms with Crippen molar-refractivity contribution in [3.63, 3.8) is 0 Å². The van der Waals surface area contributed by atoms with E-state index in [0.29, 0.717) is 10.7 Å². The smallest absolute Gasteiger partial charge is 0.245 e. The van der Waals surface area contributed by atoms with Gasteiger partial charge in [0.05, 0.1) is 23.1 Å². The van der Waals surface area contributed by atoms with Gasteiger partial charge in [-0.3, -0.25) is 9.10 Å². The number of ether oxygens (including phenoxy) is 1. The number of carbonyl (C=O) groups excluding carboxylic acids is 1. The van der Waals surface area contributed by atoms with Crippen molar-refractivity contribution >= 4 is 50.5 Å². The number of nitrogens with one attached hydrogen (secondary N) is 1. The highest BCUT2D eigenvalue weighted by Crippen LogP contribution is 2.30. The molecule has 156 valence electrons. The maximum atomic E-state index is 12.5. The predicted octanol–water partition coefficient (Wildman–Crippen LogP) is 4.72. The van der Waals surface area contributed by atoms with Crippen LogP contribution in [0.5, 0.6) is 5.75 Å². The zero-order valence-electron chi connectivity index (χ0n) is 15.9. The van der Waals surface area contributed by atoms with E-state index in [2.05, 4.69) is 5.32 Å². The van der Waals surface area contributed by atoms with Crippen LogP contribution in [0.3, 0.4) is 0 Å². The molecule has 2 aromatic rings. The predicted molar refractivity (Wildman–Crippen MR) is 117 cm³/mol. The lowest BCUT2D eigenvalue weighted by Gasteiger charge is -2.23. The van der Waals surface area contributed by atoms with E-state index < -0.39 is 22.5 Å². The van der Waals surface area contributed by atoms with Crippen LogP contribution in [0.15, 0.2) is 42.5 Å². The second kappa shape index (κ2) is 9.24. The van der Waals surface area contributed by atoms with E-state index in [9.17, 15) is 13.2 Å². The Kier molecular flexibility index (Phi) is 6.93. The fraction of sp³-hybridized carbons (Fsp3) is 0.350. The minimum atomic E-state index is -3.74. The van der Waals surface area contributed by atoms with Gasteiger partial charge in [-0.2, -0.15) is 0 Å². The van der Waals surface area contributed by atoms with Crippen LogP contribution in [0.4, 0.5) is 11.4 Å². The molecule has 3 rings (SSSR count). The number of benzene rings is 2. The summed E-state index contributed by atoms with van der Waals surface area (Å²) in [6, 6.07) is 11.4. The van der Waals surface area contributed by atoms with Gasteiger partial charge in [-0.15, -0.1) is 0 Å². The zero-order valence-corrected chi connectivity index (χ0v) is 18.2. The molecule has 29 heavy (non-hydrogen) atoms. The van der Waals surface area contributed by atoms with E-state index in [-0.39, 0.29) is 16.8 Å². The Bertz CT molecular complexity index is 974. The van der Waals surface area contributed by atoms with Crippen LogP contribution in [0.2, 0.25) is 10.0 Å². The third-order valence-corrected chi connectivity index (χ3v) is 6.27. The third-order valence-electron chi connectivity index (χ3n) is 4.61. The van der Waals surface area contributed by atoms with Gasteiger partial charge in [0.1, 0.15) is 12.3 Å². The van der Waals surface area contributed by atoms with Crippen LogP contribution in [-0.2, 0) is 14.8 Å². The van der Waals surface area contributed by atoms with Gasteiger partial charge in [-0.1, -0.05) is 23.2 Å². The summed E-state index contributed by atoms with van der Waals surface area (Å²) in [5.74, 6) is 0.256. The monoisotopic (exact) mass is 456 g/mol. The Balaban J connectivity index is 1.67. The molecule has 0 bridgehead atoms. The summed E-state index contributed by atoms with van der Waals surface area (Å²) in [7, 11) is -3.74. The van der Waals surface area contributed by atoms with Gasteiger partial charge in [-0.25, -0.2) is 8.42 Å². The fourth-order valence-corrected chi connectivity index (χ4v) is 4.64. The van der Waals surface area contributed by atoms with Gasteiger partial charge >= 0.3 is 0 Å². The Morgan fingerprint density at radius 1 is 1.14 bits per heavy atom. The summed E-state index contributed by atoms with van der Waals surface area (Å²) in [6.45, 7) is -0.416. The molecular weight excluding hydrogens is 435 g/mol. The van der Waals surface area contributed by atoms with Crippen LogP contribution < -0.4 is 14.4 Å². The summed E-state index contributed by atoms with van der Waals surface area (Å²) in [5.41, 5.74) is 0.735. The minimum Gasteiger partial charge on any atom is -0.490 e. The summed E-state index contributed by atoms with van der Waals surface area (Å²) in [5, 5.41) is 3.21. The van der Waals surface area contributed by atoms with Crippen molar-refractivity contribution in [2.45, 2.75) is 31.8 Å². The number of carbonyl (C=O) groups is 1. The number of hydrogen-bond acceptors (Lipinski definition) is 4. The molecule has 9 heteroatoms. The first-order valence-corrected chi connectivity index (χ1v) is 11.8. The number of rotatable bonds is 7. The molecule has 0 radical (unpaired) electrons. The maximum absolute atomic E-state index is 12.5. The molecule has 1 fully saturated rings. The number of anilines is 2. The molecule has 0 unspecified atom stereocenters. The Hall–Kier alpha value is -1.96. The Morgan fingerprint density at radius 3 is 2.38 bits per heavy atom. The number of hydrogen-bond donors (Lipinski definition) is 1. The lowest BCUT2D eigenvalue weighted by atomic mass is 10.2. The van der Waals surface area contributed by atoms with E-state index in [0.717, 1.165) is 29.2 Å². The summed E-state index contributed by atoms with van der Waals surface area (Å²) in [4.78, 5) is 12.5. The molecule has 2 aromatic carbocycles. The highest BCUT2D eigenvalue weighted by Gasteiger charge is 2.23. The Labute approximate surface area is 180 Å². The molecule has 1 saturated carbocycles. The molecule has 1 N–H and O–H groups in total. The van der Waals surface area contributed by atoms with E-state index in [4.69, 9.17) is 27.9 Å². The molecule has 0 atom stereocenters. The lowest BCUT2D eigenvalue weighted by Crippen LogP contribution is -2.37. The zero-order chi connectivity index (χ0) is 21.0. The topological polar surface area (TPSA) is 75.7 Å². The van der Waals surface area contributed by atoms with Crippen molar-refractivity contribution in [1.29, 1.82) is 0 Å². The van der Waals surface area contributed by atoms with E-state index in [1.54, 1.807) is 24.3 Å². The van der Waals surface area contributed by atoms with Gasteiger partial charge in [0.15, 0.2) is 0 Å². The van der Waals surface area contributed by atoms with Gasteiger partial charge in [0.25, 0.3) is 0 Å². The van der Waals surface area contributed by atoms with Crippen LogP contribution in [0, 0.1) is 0 Å². The van der Waals surface area contributed by atoms with Crippen LogP contribution >= 0.6 is 23.2 Å². The second-order valence-corrected chi connectivity index (χ2v) is 9.71. The molecule has 1 amide bonds. The molecule has 0 heterocycles. The largest absolute Gasteiger partial charge is 0.490 e. The molecule has 6 nitrogen and oxygen atoms in total. The summed E-state index contributed by atoms with van der Waals surface area (Å²) >= 11 is 12.0. The fourth-order valence-electron chi connectivity index (χ4n) is 3.21. The van der Waals surface area contributed by atoms with Crippen molar-refractivity contribution in [2.24, 2.45) is 0 Å². The van der Waals surface area contributed by atoms with Crippen LogP contribution in [0.1, 0.15) is 25.7 Å². The summed E-state index contributed by atoms with van der Waals surface area (Å²) < 4.78 is 31.3. The molecule has 0 spiro atoms. The van der Waals surface area contributed by atoms with Gasteiger partial charge in [-0.05, 0) is 68.1 Å². The average molecular weight is 457 g/mol. The average Bonchev–Trinajstić information content (AvgIpc) is 3.14. The third kappa shape index (κ3) is 6.01. The van der Waals surface area contributed by atoms with Crippen molar-refractivity contribution in [1.82, 2.24) is 0 Å². The number of sulfonamides is 1. The normalized spacial score (nSPS) is 14.6. The number of amides is 1. The number of nitrogens with zero attached hydrogens (tertiary/aromatic N) is 1. The standard InChI is InChI=1S/C20H22Cl2N2O4S/c1-29(26,27)24(19-11-6-14(21)12-18(19)22)13-20(25)23-15-7-9-17(10-8-15)28-16-4-2-3-5-16/h6-12,16H,2-5,13H2,1H3,(H,23,25).